The topological polar surface area (TPSA) is 155 Å². The third-order valence-electron chi connectivity index (χ3n) is 6.54. The predicted octanol–water partition coefficient (Wildman–Crippen LogP) is 4.22. The van der Waals surface area contributed by atoms with E-state index >= 15 is 0 Å². The van der Waals surface area contributed by atoms with Crippen LogP contribution in [0.15, 0.2) is 60.7 Å². The van der Waals surface area contributed by atoms with Gasteiger partial charge in [-0.2, -0.15) is 0 Å². The Morgan fingerprint density at radius 1 is 0.872 bits per heavy atom. The van der Waals surface area contributed by atoms with Crippen LogP contribution in [-0.4, -0.2) is 42.0 Å². The molecule has 3 atom stereocenters. The van der Waals surface area contributed by atoms with Crippen molar-refractivity contribution in [1.82, 2.24) is 0 Å². The maximum Gasteiger partial charge on any atom is 0.278 e. The Hall–Kier alpha value is -4.75. The summed E-state index contributed by atoms with van der Waals surface area (Å²) in [7, 11) is 2.65. The van der Waals surface area contributed by atoms with Gasteiger partial charge in [0.1, 0.15) is 12.0 Å². The number of ether oxygens (including phenoxy) is 2. The van der Waals surface area contributed by atoms with Crippen LogP contribution in [0, 0.1) is 26.1 Å². The molecule has 5 rings (SSSR count). The molecule has 2 aliphatic rings. The molecule has 0 saturated carbocycles. The molecule has 13 nitrogen and oxygen atoms in total. The van der Waals surface area contributed by atoms with Crippen LogP contribution in [0.3, 0.4) is 0 Å². The number of benzene rings is 3. The zero-order valence-electron chi connectivity index (χ0n) is 20.3. The molecule has 0 aliphatic carbocycles. The van der Waals surface area contributed by atoms with Crippen LogP contribution in [0.1, 0.15) is 11.6 Å². The number of nitro groups is 2. The molecular formula is C25H19ClN4O9. The maximum atomic E-state index is 13.8. The number of imide groups is 1. The lowest BCUT2D eigenvalue weighted by molar-refractivity contribution is -0.385. The summed E-state index contributed by atoms with van der Waals surface area (Å²) in [5, 5.41) is 25.1. The number of nitro benzene ring substituents is 2. The lowest BCUT2D eigenvalue weighted by Gasteiger charge is -2.28. The molecule has 14 heteroatoms. The van der Waals surface area contributed by atoms with E-state index < -0.39 is 45.4 Å². The van der Waals surface area contributed by atoms with E-state index in [1.54, 1.807) is 0 Å². The molecule has 0 spiro atoms. The first-order chi connectivity index (χ1) is 18.7. The number of hydrogen-bond donors (Lipinski definition) is 0. The van der Waals surface area contributed by atoms with E-state index in [1.807, 2.05) is 0 Å². The number of non-ortho nitro benzene ring substituents is 1. The third kappa shape index (κ3) is 4.27. The highest BCUT2D eigenvalue weighted by Gasteiger charge is 2.61. The largest absolute Gasteiger partial charge is 0.493 e. The fourth-order valence-electron chi connectivity index (χ4n) is 4.82. The quantitative estimate of drug-likeness (QED) is 0.235. The standard InChI is InChI=1S/C25H19ClN4O9/c1-37-19-11-17(18(30(35)36)12-20(19)38-2)22-21-23(39-28(22)15-4-3-5-16(10-15)29(33)34)25(32)27(24(21)31)14-8-6-13(26)7-9-14/h3-12,21-23H,1-2H3/t21-,22-,23-/m1/s1. The Balaban J connectivity index is 1.70. The van der Waals surface area contributed by atoms with Crippen molar-refractivity contribution in [2.75, 3.05) is 24.2 Å². The van der Waals surface area contributed by atoms with Crippen molar-refractivity contribution in [2.24, 2.45) is 5.92 Å². The van der Waals surface area contributed by atoms with Crippen LogP contribution in [0.4, 0.5) is 22.7 Å². The van der Waals surface area contributed by atoms with Crippen LogP contribution in [0.2, 0.25) is 5.02 Å². The van der Waals surface area contributed by atoms with E-state index in [4.69, 9.17) is 25.9 Å². The van der Waals surface area contributed by atoms with Crippen molar-refractivity contribution in [3.05, 3.63) is 91.5 Å². The summed E-state index contributed by atoms with van der Waals surface area (Å²) in [6.07, 6.45) is -1.37. The van der Waals surface area contributed by atoms with Crippen LogP contribution >= 0.6 is 11.6 Å². The van der Waals surface area contributed by atoms with Gasteiger partial charge in [0.05, 0.1) is 47.1 Å². The van der Waals surface area contributed by atoms with Crippen LogP contribution in [0.5, 0.6) is 11.5 Å². The first-order valence-electron chi connectivity index (χ1n) is 11.4. The highest BCUT2D eigenvalue weighted by Crippen LogP contribution is 2.51. The first kappa shape index (κ1) is 25.9. The summed E-state index contributed by atoms with van der Waals surface area (Å²) < 4.78 is 10.6. The van der Waals surface area contributed by atoms with Gasteiger partial charge >= 0.3 is 0 Å². The molecule has 2 saturated heterocycles. The smallest absolute Gasteiger partial charge is 0.278 e. The van der Waals surface area contributed by atoms with Gasteiger partial charge in [0.25, 0.3) is 17.3 Å². The van der Waals surface area contributed by atoms with Crippen molar-refractivity contribution in [3.8, 4) is 11.5 Å². The molecule has 3 aromatic carbocycles. The Kier molecular flexibility index (Phi) is 6.54. The molecule has 2 amide bonds. The maximum absolute atomic E-state index is 13.8. The second-order valence-electron chi connectivity index (χ2n) is 8.61. The number of amides is 2. The molecule has 0 unspecified atom stereocenters. The van der Waals surface area contributed by atoms with E-state index in [0.29, 0.717) is 5.02 Å². The second-order valence-corrected chi connectivity index (χ2v) is 9.05. The highest BCUT2D eigenvalue weighted by molar-refractivity contribution is 6.31. The van der Waals surface area contributed by atoms with Gasteiger partial charge in [0.15, 0.2) is 17.6 Å². The Morgan fingerprint density at radius 3 is 2.15 bits per heavy atom. The van der Waals surface area contributed by atoms with Crippen LogP contribution < -0.4 is 19.4 Å². The number of fused-ring (bicyclic) bond motifs is 1. The fraction of sp³-hybridized carbons (Fsp3) is 0.200. The highest BCUT2D eigenvalue weighted by atomic mass is 35.5. The molecule has 2 aliphatic heterocycles. The van der Waals surface area contributed by atoms with Gasteiger partial charge in [-0.25, -0.2) is 9.96 Å². The summed E-state index contributed by atoms with van der Waals surface area (Å²) in [5.74, 6) is -2.42. The average molecular weight is 555 g/mol. The van der Waals surface area contributed by atoms with Gasteiger partial charge in [0.2, 0.25) is 5.91 Å². The van der Waals surface area contributed by atoms with Gasteiger partial charge < -0.3 is 9.47 Å². The number of nitrogens with zero attached hydrogens (tertiary/aromatic N) is 4. The van der Waals surface area contributed by atoms with Crippen molar-refractivity contribution in [3.63, 3.8) is 0 Å². The number of hydroxylamine groups is 1. The fourth-order valence-corrected chi connectivity index (χ4v) is 4.95. The molecule has 0 radical (unpaired) electrons. The SMILES string of the molecule is COc1cc([C@@H]2[C@H]3C(=O)N(c4ccc(Cl)cc4)C(=O)[C@@H]3ON2c2cccc([N+](=O)[O-])c2)c([N+](=O)[O-])cc1OC. The van der Waals surface area contributed by atoms with Gasteiger partial charge in [-0.15, -0.1) is 0 Å². The number of rotatable bonds is 7. The first-order valence-corrected chi connectivity index (χ1v) is 11.8. The summed E-state index contributed by atoms with van der Waals surface area (Å²) in [5.41, 5.74) is -0.367. The van der Waals surface area contributed by atoms with Crippen LogP contribution in [0.25, 0.3) is 0 Å². The van der Waals surface area contributed by atoms with E-state index in [0.717, 1.165) is 16.0 Å². The van der Waals surface area contributed by atoms with E-state index in [9.17, 15) is 29.8 Å². The second kappa shape index (κ2) is 9.85. The summed E-state index contributed by atoms with van der Waals surface area (Å²) in [6, 6.07) is 12.6. The Bertz CT molecular complexity index is 1510. The summed E-state index contributed by atoms with van der Waals surface area (Å²) in [4.78, 5) is 56.6. The molecule has 0 N–H and O–H groups in total. The Morgan fingerprint density at radius 2 is 1.54 bits per heavy atom. The molecule has 3 aromatic rings. The minimum absolute atomic E-state index is 0.0178. The number of carbonyl (C=O) groups is 2. The van der Waals surface area contributed by atoms with Crippen molar-refractivity contribution in [2.45, 2.75) is 12.1 Å². The molecule has 2 heterocycles. The number of halogens is 1. The van der Waals surface area contributed by atoms with Crippen LogP contribution in [-0.2, 0) is 14.4 Å². The number of anilines is 2. The third-order valence-corrected chi connectivity index (χ3v) is 6.80. The zero-order valence-corrected chi connectivity index (χ0v) is 21.1. The summed E-state index contributed by atoms with van der Waals surface area (Å²) >= 11 is 5.96. The van der Waals surface area contributed by atoms with Crippen molar-refractivity contribution >= 4 is 46.2 Å². The van der Waals surface area contributed by atoms with Gasteiger partial charge in [-0.1, -0.05) is 17.7 Å². The lowest BCUT2D eigenvalue weighted by atomic mass is 9.89. The van der Waals surface area contributed by atoms with Crippen molar-refractivity contribution in [1.29, 1.82) is 0 Å². The lowest BCUT2D eigenvalue weighted by Crippen LogP contribution is -2.37. The average Bonchev–Trinajstić information content (AvgIpc) is 3.44. The number of carbonyl (C=O) groups excluding carboxylic acids is 2. The number of hydrogen-bond acceptors (Lipinski definition) is 10. The normalized spacial score (nSPS) is 20.2. The molecule has 2 fully saturated rings. The Labute approximate surface area is 225 Å². The van der Waals surface area contributed by atoms with Gasteiger partial charge in [-0.3, -0.25) is 34.7 Å². The van der Waals surface area contributed by atoms with E-state index in [1.165, 1.54) is 68.8 Å². The molecule has 39 heavy (non-hydrogen) atoms. The number of methoxy groups -OCH3 is 2. The molecule has 0 aromatic heterocycles. The van der Waals surface area contributed by atoms with Crippen molar-refractivity contribution < 1.29 is 33.7 Å². The predicted molar refractivity (Wildman–Crippen MR) is 137 cm³/mol. The zero-order chi connectivity index (χ0) is 28.0. The minimum atomic E-state index is -1.37. The minimum Gasteiger partial charge on any atom is -0.493 e. The molecule has 200 valence electrons. The van der Waals surface area contributed by atoms with Gasteiger partial charge in [-0.05, 0) is 36.4 Å². The molecule has 0 bridgehead atoms. The molecular weight excluding hydrogens is 536 g/mol. The van der Waals surface area contributed by atoms with Gasteiger partial charge in [0, 0.05) is 17.2 Å². The monoisotopic (exact) mass is 554 g/mol. The van der Waals surface area contributed by atoms with E-state index in [-0.39, 0.29) is 34.1 Å². The van der Waals surface area contributed by atoms with E-state index in [2.05, 4.69) is 0 Å². The summed E-state index contributed by atoms with van der Waals surface area (Å²) in [6.45, 7) is 0.